The lowest BCUT2D eigenvalue weighted by molar-refractivity contribution is -0.132. The van der Waals surface area contributed by atoms with E-state index in [0.717, 1.165) is 31.6 Å². The zero-order valence-electron chi connectivity index (χ0n) is 19.7. The van der Waals surface area contributed by atoms with Gasteiger partial charge in [-0.2, -0.15) is 0 Å². The van der Waals surface area contributed by atoms with Crippen LogP contribution in [-0.4, -0.2) is 66.1 Å². The minimum absolute atomic E-state index is 0.00155. The Labute approximate surface area is 204 Å². The first-order valence-electron chi connectivity index (χ1n) is 12.0. The highest BCUT2D eigenvalue weighted by atomic mass is 16.5. The van der Waals surface area contributed by atoms with Gasteiger partial charge in [0.25, 0.3) is 5.91 Å². The fourth-order valence-corrected chi connectivity index (χ4v) is 5.04. The summed E-state index contributed by atoms with van der Waals surface area (Å²) < 4.78 is 5.44. The molecule has 2 aliphatic rings. The third kappa shape index (κ3) is 5.57. The Morgan fingerprint density at radius 3 is 2.29 bits per heavy atom. The number of nitrogens with two attached hydrogens (primary N) is 1. The van der Waals surface area contributed by atoms with Crippen molar-refractivity contribution >= 4 is 29.2 Å². The maximum absolute atomic E-state index is 12.5. The van der Waals surface area contributed by atoms with E-state index in [4.69, 9.17) is 10.5 Å². The molecule has 0 radical (unpaired) electrons. The number of hydrogen-bond acceptors (Lipinski definition) is 6. The summed E-state index contributed by atoms with van der Waals surface area (Å²) in [5, 5.41) is 12.4. The molecule has 0 saturated carbocycles. The maximum atomic E-state index is 12.5. The van der Waals surface area contributed by atoms with Gasteiger partial charge in [0.1, 0.15) is 11.3 Å². The second-order valence-electron chi connectivity index (χ2n) is 9.12. The van der Waals surface area contributed by atoms with Gasteiger partial charge in [-0.15, -0.1) is 0 Å². The van der Waals surface area contributed by atoms with Crippen LogP contribution < -0.4 is 20.7 Å². The van der Waals surface area contributed by atoms with Gasteiger partial charge in [-0.25, -0.2) is 4.79 Å². The number of ether oxygens (including phenoxy) is 1. The second kappa shape index (κ2) is 10.8. The first-order valence-corrected chi connectivity index (χ1v) is 12.0. The summed E-state index contributed by atoms with van der Waals surface area (Å²) in [6.45, 7) is 2.72. The predicted octanol–water partition coefficient (Wildman–Crippen LogP) is 2.71. The molecule has 0 unspecified atom stereocenters. The van der Waals surface area contributed by atoms with Crippen molar-refractivity contribution in [2.45, 2.75) is 37.6 Å². The largest absolute Gasteiger partial charge is 0.484 e. The van der Waals surface area contributed by atoms with Crippen LogP contribution in [0.25, 0.3) is 0 Å². The van der Waals surface area contributed by atoms with E-state index < -0.39 is 17.4 Å². The number of carbonyl (C=O) groups excluding carboxylic acids is 2. The molecule has 2 aromatic carbocycles. The standard InChI is InChI=1S/C26H32N4O5/c27-25(34)26(30-13-5-2-6-14-30)11-15-29(16-12-26)19-9-10-22(21(17-19)24(32)33)28-23(31)18-35-20-7-3-1-4-8-20/h1,3-4,7-10,17H,2,5-6,11-16,18H2,(H2,27,34)(H,28,31)(H,32,33). The third-order valence-electron chi connectivity index (χ3n) is 7.00. The Morgan fingerprint density at radius 1 is 0.971 bits per heavy atom. The second-order valence-corrected chi connectivity index (χ2v) is 9.12. The van der Waals surface area contributed by atoms with E-state index in [9.17, 15) is 19.5 Å². The quantitative estimate of drug-likeness (QED) is 0.530. The molecular weight excluding hydrogens is 448 g/mol. The van der Waals surface area contributed by atoms with Gasteiger partial charge >= 0.3 is 5.97 Å². The molecule has 0 spiro atoms. The van der Waals surface area contributed by atoms with Crippen molar-refractivity contribution in [2.75, 3.05) is 43.0 Å². The normalized spacial score (nSPS) is 18.0. The molecule has 2 fully saturated rings. The van der Waals surface area contributed by atoms with E-state index in [2.05, 4.69) is 15.1 Å². The van der Waals surface area contributed by atoms with Crippen molar-refractivity contribution in [3.63, 3.8) is 0 Å². The maximum Gasteiger partial charge on any atom is 0.337 e. The lowest BCUT2D eigenvalue weighted by atomic mass is 9.83. The Balaban J connectivity index is 1.42. The molecule has 9 heteroatoms. The van der Waals surface area contributed by atoms with E-state index in [1.54, 1.807) is 42.5 Å². The molecule has 2 saturated heterocycles. The molecule has 2 heterocycles. The number of primary amides is 1. The number of hydrogen-bond donors (Lipinski definition) is 3. The molecule has 2 aromatic rings. The third-order valence-corrected chi connectivity index (χ3v) is 7.00. The van der Waals surface area contributed by atoms with E-state index in [-0.39, 0.29) is 23.8 Å². The van der Waals surface area contributed by atoms with E-state index >= 15 is 0 Å². The number of benzene rings is 2. The van der Waals surface area contributed by atoms with Crippen molar-refractivity contribution in [1.82, 2.24) is 4.90 Å². The molecule has 4 rings (SSSR count). The van der Waals surface area contributed by atoms with Gasteiger partial charge in [-0.05, 0) is 69.1 Å². The van der Waals surface area contributed by atoms with Crippen LogP contribution in [0, 0.1) is 0 Å². The highest BCUT2D eigenvalue weighted by Crippen LogP contribution is 2.34. The molecule has 2 amide bonds. The number of nitrogens with one attached hydrogen (secondary N) is 1. The van der Waals surface area contributed by atoms with Crippen molar-refractivity contribution in [2.24, 2.45) is 5.73 Å². The van der Waals surface area contributed by atoms with E-state index in [0.29, 0.717) is 31.7 Å². The summed E-state index contributed by atoms with van der Waals surface area (Å²) >= 11 is 0. The van der Waals surface area contributed by atoms with Crippen LogP contribution in [0.15, 0.2) is 48.5 Å². The summed E-state index contributed by atoms with van der Waals surface area (Å²) in [7, 11) is 0. The molecule has 186 valence electrons. The zero-order chi connectivity index (χ0) is 24.8. The Hall–Kier alpha value is -3.59. The minimum atomic E-state index is -1.14. The Morgan fingerprint density at radius 2 is 1.66 bits per heavy atom. The average Bonchev–Trinajstić information content (AvgIpc) is 2.88. The lowest BCUT2D eigenvalue weighted by Crippen LogP contribution is -2.63. The van der Waals surface area contributed by atoms with Gasteiger partial charge in [0.05, 0.1) is 11.3 Å². The van der Waals surface area contributed by atoms with Crippen molar-refractivity contribution in [3.05, 3.63) is 54.1 Å². The van der Waals surface area contributed by atoms with Crippen LogP contribution in [0.2, 0.25) is 0 Å². The fraction of sp³-hybridized carbons (Fsp3) is 0.423. The molecule has 4 N–H and O–H groups in total. The smallest absolute Gasteiger partial charge is 0.337 e. The number of piperidine rings is 2. The van der Waals surface area contributed by atoms with Crippen molar-refractivity contribution in [3.8, 4) is 5.75 Å². The van der Waals surface area contributed by atoms with Crippen LogP contribution in [0.5, 0.6) is 5.75 Å². The number of anilines is 2. The van der Waals surface area contributed by atoms with Crippen LogP contribution in [0.4, 0.5) is 11.4 Å². The van der Waals surface area contributed by atoms with Crippen molar-refractivity contribution < 1.29 is 24.2 Å². The lowest BCUT2D eigenvalue weighted by Gasteiger charge is -2.48. The number of carboxylic acid groups (broad SMARTS) is 1. The fourth-order valence-electron chi connectivity index (χ4n) is 5.04. The molecule has 9 nitrogen and oxygen atoms in total. The van der Waals surface area contributed by atoms with Crippen LogP contribution in [0.3, 0.4) is 0 Å². The van der Waals surface area contributed by atoms with Gasteiger partial charge in [-0.1, -0.05) is 24.6 Å². The van der Waals surface area contributed by atoms with E-state index in [1.165, 1.54) is 6.42 Å². The van der Waals surface area contributed by atoms with Gasteiger partial charge in [-0.3, -0.25) is 14.5 Å². The highest BCUT2D eigenvalue weighted by Gasteiger charge is 2.45. The number of aromatic carboxylic acids is 1. The predicted molar refractivity (Wildman–Crippen MR) is 133 cm³/mol. The number of nitrogens with zero attached hydrogens (tertiary/aromatic N) is 2. The summed E-state index contributed by atoms with van der Waals surface area (Å²) in [6.07, 6.45) is 4.52. The SMILES string of the molecule is NC(=O)C1(N2CCCCC2)CCN(c2ccc(NC(=O)COc3ccccc3)c(C(=O)O)c2)CC1. The first kappa shape index (κ1) is 24.5. The summed E-state index contributed by atoms with van der Waals surface area (Å²) in [5.41, 5.74) is 6.18. The van der Waals surface area contributed by atoms with Crippen LogP contribution in [0.1, 0.15) is 42.5 Å². The molecule has 0 bridgehead atoms. The highest BCUT2D eigenvalue weighted by molar-refractivity contribution is 6.01. The number of rotatable bonds is 8. The number of likely N-dealkylation sites (tertiary alicyclic amines) is 1. The van der Waals surface area contributed by atoms with Crippen LogP contribution in [-0.2, 0) is 9.59 Å². The number of amides is 2. The molecule has 0 atom stereocenters. The number of carboxylic acids is 1. The molecule has 0 aromatic heterocycles. The topological polar surface area (TPSA) is 125 Å². The Kier molecular flexibility index (Phi) is 7.55. The van der Waals surface area contributed by atoms with Gasteiger partial charge < -0.3 is 25.8 Å². The monoisotopic (exact) mass is 480 g/mol. The molecule has 35 heavy (non-hydrogen) atoms. The van der Waals surface area contributed by atoms with Gasteiger partial charge in [0.15, 0.2) is 6.61 Å². The average molecular weight is 481 g/mol. The Bertz CT molecular complexity index is 1060. The summed E-state index contributed by atoms with van der Waals surface area (Å²) in [4.78, 5) is 41.1. The zero-order valence-corrected chi connectivity index (χ0v) is 19.7. The molecule has 0 aliphatic carbocycles. The van der Waals surface area contributed by atoms with Crippen molar-refractivity contribution in [1.29, 1.82) is 0 Å². The molecule has 2 aliphatic heterocycles. The minimum Gasteiger partial charge on any atom is -0.484 e. The van der Waals surface area contributed by atoms with Gasteiger partial charge in [0, 0.05) is 18.8 Å². The number of carbonyl (C=O) groups is 3. The first-order chi connectivity index (χ1) is 16.9. The van der Waals surface area contributed by atoms with Gasteiger partial charge in [0.2, 0.25) is 5.91 Å². The van der Waals surface area contributed by atoms with E-state index in [1.807, 2.05) is 6.07 Å². The summed E-state index contributed by atoms with van der Waals surface area (Å²) in [6, 6.07) is 13.9. The number of para-hydroxylation sites is 1. The van der Waals surface area contributed by atoms with Crippen LogP contribution >= 0.6 is 0 Å². The molecular formula is C26H32N4O5. The summed E-state index contributed by atoms with van der Waals surface area (Å²) in [5.74, 6) is -1.31.